The van der Waals surface area contributed by atoms with Crippen LogP contribution >= 0.6 is 22.6 Å². The highest BCUT2D eigenvalue weighted by molar-refractivity contribution is 14.1. The van der Waals surface area contributed by atoms with Crippen molar-refractivity contribution in [2.75, 3.05) is 11.5 Å². The van der Waals surface area contributed by atoms with Gasteiger partial charge in [-0.25, -0.2) is 0 Å². The second kappa shape index (κ2) is 37.8. The maximum atomic E-state index is 11.5. The summed E-state index contributed by atoms with van der Waals surface area (Å²) in [7, 11) is 1.49. The molecule has 14 heteroatoms. The first-order chi connectivity index (χ1) is 55.9. The molecule has 0 bridgehead atoms. The Kier molecular flexibility index (Phi) is 29.9. The highest BCUT2D eigenvalue weighted by Gasteiger charge is 2.66. The van der Waals surface area contributed by atoms with E-state index in [0.29, 0.717) is 92.2 Å². The number of carbonyl (C=O) groups excluding carboxylic acids is 4. The van der Waals surface area contributed by atoms with Crippen LogP contribution in [-0.2, 0) is 47.7 Å². The fraction of sp³-hybridized carbons (Fsp3) is 0.942. The number of carboxylic acids is 2. The lowest BCUT2D eigenvalue weighted by Crippen LogP contribution is -2.54. The molecular weight excluding hydrogens is 1580 g/mol. The zero-order chi connectivity index (χ0) is 85.0. The Labute approximate surface area is 730 Å². The number of hydrogen-bond acceptors (Lipinski definition) is 11. The summed E-state index contributed by atoms with van der Waals surface area (Å²) in [5, 5.41) is 28.4. The van der Waals surface area contributed by atoms with Crippen molar-refractivity contribution in [2.24, 2.45) is 185 Å². The van der Waals surface area contributed by atoms with Gasteiger partial charge in [-0.05, 0) is 447 Å². The number of carbonyl (C=O) groups is 6. The number of hydrogen-bond donors (Lipinski definition) is 3. The zero-order valence-corrected chi connectivity index (χ0v) is 79.7. The number of halogens is 1. The fourth-order valence-corrected chi connectivity index (χ4v) is 37.3. The highest BCUT2D eigenvalue weighted by Crippen LogP contribution is 2.74. The first kappa shape index (κ1) is 93.2. The Morgan fingerprint density at radius 1 is 0.331 bits per heavy atom. The average Bonchev–Trinajstić information content (AvgIpc) is 1.55. The molecule has 0 aromatic carbocycles. The Morgan fingerprint density at radius 2 is 0.602 bits per heavy atom. The van der Waals surface area contributed by atoms with E-state index < -0.39 is 11.9 Å². The second-order valence-corrected chi connectivity index (χ2v) is 48.1. The minimum Gasteiger partial charge on any atom is -0.481 e. The second-order valence-electron chi connectivity index (χ2n) is 47.1. The van der Waals surface area contributed by atoms with Crippen molar-refractivity contribution in [2.45, 2.75) is 417 Å². The molecule has 672 valence electrons. The molecule has 13 nitrogen and oxygen atoms in total. The molecule has 0 saturated heterocycles. The molecule has 16 saturated carbocycles. The molecule has 0 amide bonds. The first-order valence-electron chi connectivity index (χ1n) is 50.1. The number of esters is 4. The quantitative estimate of drug-likeness (QED) is 0.0342. The smallest absolute Gasteiger partial charge is 0.305 e. The van der Waals surface area contributed by atoms with Crippen molar-refractivity contribution >= 4 is 58.4 Å². The van der Waals surface area contributed by atoms with Gasteiger partial charge in [-0.15, -0.1) is 0 Å². The van der Waals surface area contributed by atoms with Gasteiger partial charge in [0.05, 0.1) is 13.2 Å². The van der Waals surface area contributed by atoms with E-state index in [1.807, 2.05) is 0 Å². The summed E-state index contributed by atoms with van der Waals surface area (Å²) in [6.07, 6.45) is 54.5. The van der Waals surface area contributed by atoms with Crippen LogP contribution < -0.4 is 0 Å². The normalized spacial score (nSPS) is 46.9. The fourth-order valence-electron chi connectivity index (χ4n) is 36.3. The van der Waals surface area contributed by atoms with E-state index in [2.05, 4.69) is 106 Å². The van der Waals surface area contributed by atoms with Crippen molar-refractivity contribution in [1.82, 2.24) is 0 Å². The molecule has 0 spiro atoms. The predicted molar refractivity (Wildman–Crippen MR) is 478 cm³/mol. The Morgan fingerprint density at radius 3 is 0.890 bits per heavy atom. The molecule has 4 unspecified atom stereocenters. The number of fused-ring (bicyclic) bond motifs is 20. The van der Waals surface area contributed by atoms with Crippen molar-refractivity contribution in [1.29, 1.82) is 0 Å². The van der Waals surface area contributed by atoms with Gasteiger partial charge in [0.15, 0.2) is 0 Å². The van der Waals surface area contributed by atoms with E-state index in [1.165, 1.54) is 204 Å². The first-order valence-corrected chi connectivity index (χ1v) is 51.7. The topological polar surface area (TPSA) is 200 Å². The summed E-state index contributed by atoms with van der Waals surface area (Å²) in [5.74, 6) is 17.7. The maximum absolute atomic E-state index is 11.5. The number of rotatable bonds is 20. The lowest BCUT2D eigenvalue weighted by molar-refractivity contribution is -0.161. The molecule has 16 rings (SSSR count). The van der Waals surface area contributed by atoms with Gasteiger partial charge in [-0.3, -0.25) is 28.8 Å². The predicted octanol–water partition coefficient (Wildman–Crippen LogP) is 25.6. The number of aliphatic hydroxyl groups excluding tert-OH is 1. The summed E-state index contributed by atoms with van der Waals surface area (Å²) in [5.41, 5.74) is 3.73. The molecule has 0 radical (unpaired) electrons. The van der Waals surface area contributed by atoms with Crippen molar-refractivity contribution in [3.8, 4) is 0 Å². The molecule has 16 aliphatic rings. The van der Waals surface area contributed by atoms with Crippen LogP contribution in [0.25, 0.3) is 0 Å². The average molecular weight is 1760 g/mol. The minimum atomic E-state index is -0.652. The number of unbranched alkanes of at least 4 members (excludes halogenated alkanes) is 1. The van der Waals surface area contributed by atoms with Crippen LogP contribution in [0.15, 0.2) is 0 Å². The molecule has 0 aromatic heterocycles. The number of methoxy groups -OCH3 is 1. The van der Waals surface area contributed by atoms with E-state index in [9.17, 15) is 33.9 Å². The Hall–Kier alpha value is -2.49. The highest BCUT2D eigenvalue weighted by atomic mass is 127. The Balaban J connectivity index is 0.000000137. The number of ether oxygens (including phenoxy) is 4. The molecule has 16 fully saturated rings. The van der Waals surface area contributed by atoms with E-state index in [0.717, 1.165) is 189 Å². The number of alkyl halides is 1. The largest absolute Gasteiger partial charge is 0.481 e. The van der Waals surface area contributed by atoms with Gasteiger partial charge in [0, 0.05) is 40.0 Å². The van der Waals surface area contributed by atoms with Crippen LogP contribution in [0.3, 0.4) is 0 Å². The lowest BCUT2D eigenvalue weighted by Gasteiger charge is -2.61. The van der Waals surface area contributed by atoms with Crippen LogP contribution in [0.4, 0.5) is 0 Å². The van der Waals surface area contributed by atoms with Crippen LogP contribution in [0.2, 0.25) is 0 Å². The van der Waals surface area contributed by atoms with E-state index in [4.69, 9.17) is 29.2 Å². The summed E-state index contributed by atoms with van der Waals surface area (Å²) in [6, 6.07) is 0. The number of aliphatic carboxylic acids is 2. The maximum Gasteiger partial charge on any atom is 0.305 e. The molecule has 118 heavy (non-hydrogen) atoms. The van der Waals surface area contributed by atoms with Gasteiger partial charge >= 0.3 is 35.8 Å². The van der Waals surface area contributed by atoms with Crippen molar-refractivity contribution < 1.29 is 63.0 Å². The number of carboxylic acid groups (broad SMARTS) is 2. The molecule has 0 aliphatic heterocycles. The van der Waals surface area contributed by atoms with E-state index in [-0.39, 0.29) is 48.3 Å². The van der Waals surface area contributed by atoms with E-state index >= 15 is 0 Å². The van der Waals surface area contributed by atoms with Crippen LogP contribution in [-0.4, -0.2) is 87.1 Å². The van der Waals surface area contributed by atoms with Gasteiger partial charge in [0.2, 0.25) is 0 Å². The molecule has 16 aliphatic carbocycles. The van der Waals surface area contributed by atoms with Gasteiger partial charge < -0.3 is 34.3 Å². The standard InChI is InChI=1S/C29H48O4.C26H42O4.C25H41IO2.C24H40O3/c1-19(8-6-7-9-27(31)32-5)24-12-13-25-23-11-10-21-18-22(33-20(2)30)14-16-28(21,3)26(23)15-17-29(24,25)4;1-16(5-10-24(28)29)21-8-9-22-20-7-6-18-15-19(30-17(2)27)11-13-25(18,3)23(20)12-14-26(21,22)4;1-16(11-14-26)21-7-8-22-20-6-5-18-15-19(28-17(2)27)9-12-24(18,3)23(20)10-13-25(21,22)4;1-15(4-9-22(26)27)19-7-8-20-18-6-5-16-14-17(25)10-12-23(16,2)21(18)11-13-24(19,20)3/h19,21-26H,6-18H2,1-5H3;16,18-23H,5-15H2,1-4H3,(H,28,29);16,18-23H,5-15H2,1-4H3;15-21,25H,4-14H2,1-3H3,(H,26,27)/t19-,21?,22-,23+,24-,25+,26+,28+,29-;16-,18?,19-,20+,21-,22+,23+,25+,26-;16-,18?,19-,20+,21-,22+,23+,24+,25-;15-,16?,17-,18+,19-,20+,21+,23+,24-/m1111/s1. The summed E-state index contributed by atoms with van der Waals surface area (Å²) >= 11 is 2.57. The van der Waals surface area contributed by atoms with Crippen molar-refractivity contribution in [3.05, 3.63) is 0 Å². The van der Waals surface area contributed by atoms with Gasteiger partial charge in [0.1, 0.15) is 18.3 Å². The summed E-state index contributed by atoms with van der Waals surface area (Å²) in [4.78, 5) is 68.0. The minimum absolute atomic E-state index is 0.0561. The van der Waals surface area contributed by atoms with Crippen LogP contribution in [0.5, 0.6) is 0 Å². The third-order valence-electron chi connectivity index (χ3n) is 42.2. The lowest BCUT2D eigenvalue weighted by atomic mass is 9.44. The molecular formula is C104H171IO13. The third kappa shape index (κ3) is 18.4. The van der Waals surface area contributed by atoms with Crippen molar-refractivity contribution in [3.63, 3.8) is 0 Å². The van der Waals surface area contributed by atoms with Gasteiger partial charge in [-0.2, -0.15) is 0 Å². The molecule has 36 atom stereocenters. The number of aliphatic hydroxyl groups is 1. The third-order valence-corrected chi connectivity index (χ3v) is 42.9. The van der Waals surface area contributed by atoms with E-state index in [1.54, 1.807) is 20.8 Å². The summed E-state index contributed by atoms with van der Waals surface area (Å²) in [6.45, 7) is 35.1. The molecule has 3 N–H and O–H groups in total. The molecule has 0 heterocycles. The SMILES string of the molecule is CC(=O)O[C@@H]1CC[C@@]2(C)C(CC[C@H]3[C@@H]4CC[C@H]([C@H](C)CCC(=O)O)[C@@]4(C)CC[C@@H]32)C1.CC(=O)O[C@@H]1CC[C@@]2(C)C(CC[C@H]3[C@@H]4CC[C@H]([C@H](C)CCI)[C@@]4(C)CC[C@@H]32)C1.COC(=O)CCCC[C@@H](C)[C@H]1CC[C@H]2[C@@H]3CCC4C[C@H](OC(C)=O)CC[C@]4(C)[C@H]3CC[C@]12C.C[C@H](CCC(=O)O)[C@H]1CC[C@H]2[C@@H]3CCC4C[C@H](O)CC[C@]4(C)[C@H]3CC[C@]12C. The van der Waals surface area contributed by atoms with Gasteiger partial charge in [0.25, 0.3) is 0 Å². The Bertz CT molecular complexity index is 3430. The zero-order valence-electron chi connectivity index (χ0n) is 77.5. The monoisotopic (exact) mass is 1760 g/mol. The van der Waals surface area contributed by atoms with Crippen LogP contribution in [0.1, 0.15) is 393 Å². The summed E-state index contributed by atoms with van der Waals surface area (Å²) < 4.78 is 23.0. The van der Waals surface area contributed by atoms with Crippen LogP contribution in [0, 0.1) is 185 Å². The molecule has 0 aromatic rings. The van der Waals surface area contributed by atoms with Gasteiger partial charge in [-0.1, -0.05) is 119 Å².